The first-order valence-electron chi connectivity index (χ1n) is 6.20. The standard InChI is InChI=1S/C16H16O4/c1-11-4-3-5-14(8-11)20-10-12-6-7-13(19-2)9-15(12)16(17)18/h3-9H,10H2,1-2H3,(H,17,18). The van der Waals surface area contributed by atoms with Crippen LogP contribution in [0.2, 0.25) is 0 Å². The number of ether oxygens (including phenoxy) is 2. The number of rotatable bonds is 5. The number of methoxy groups -OCH3 is 1. The Hall–Kier alpha value is -2.49. The molecule has 4 heteroatoms. The second-order valence-electron chi connectivity index (χ2n) is 4.43. The molecule has 2 aromatic carbocycles. The van der Waals surface area contributed by atoms with Crippen molar-refractivity contribution in [1.29, 1.82) is 0 Å². The molecule has 0 atom stereocenters. The summed E-state index contributed by atoms with van der Waals surface area (Å²) in [7, 11) is 1.50. The fourth-order valence-electron chi connectivity index (χ4n) is 1.87. The molecule has 0 heterocycles. The van der Waals surface area contributed by atoms with Gasteiger partial charge in [0.15, 0.2) is 0 Å². The Kier molecular flexibility index (Phi) is 4.25. The third kappa shape index (κ3) is 3.29. The van der Waals surface area contributed by atoms with Gasteiger partial charge in [0.25, 0.3) is 0 Å². The van der Waals surface area contributed by atoms with Crippen LogP contribution in [0, 0.1) is 6.92 Å². The van der Waals surface area contributed by atoms with E-state index in [4.69, 9.17) is 9.47 Å². The van der Waals surface area contributed by atoms with Gasteiger partial charge >= 0.3 is 5.97 Å². The van der Waals surface area contributed by atoms with Gasteiger partial charge in [0.05, 0.1) is 12.7 Å². The van der Waals surface area contributed by atoms with Gasteiger partial charge < -0.3 is 14.6 Å². The van der Waals surface area contributed by atoms with Crippen LogP contribution in [0.25, 0.3) is 0 Å². The van der Waals surface area contributed by atoms with E-state index in [0.29, 0.717) is 11.3 Å². The minimum atomic E-state index is -0.994. The average molecular weight is 272 g/mol. The van der Waals surface area contributed by atoms with Crippen molar-refractivity contribution < 1.29 is 19.4 Å². The summed E-state index contributed by atoms with van der Waals surface area (Å²) in [6.45, 7) is 2.18. The lowest BCUT2D eigenvalue weighted by Gasteiger charge is -2.10. The van der Waals surface area contributed by atoms with E-state index in [-0.39, 0.29) is 12.2 Å². The second kappa shape index (κ2) is 6.10. The summed E-state index contributed by atoms with van der Waals surface area (Å²) in [6.07, 6.45) is 0. The van der Waals surface area contributed by atoms with Crippen LogP contribution in [0.4, 0.5) is 0 Å². The molecule has 0 aliphatic carbocycles. The fraction of sp³-hybridized carbons (Fsp3) is 0.188. The molecule has 0 aromatic heterocycles. The maximum atomic E-state index is 11.2. The number of aryl methyl sites for hydroxylation is 1. The van der Waals surface area contributed by atoms with Crippen LogP contribution in [0.1, 0.15) is 21.5 Å². The van der Waals surface area contributed by atoms with Crippen LogP contribution in [0.15, 0.2) is 42.5 Å². The Labute approximate surface area is 117 Å². The molecule has 20 heavy (non-hydrogen) atoms. The molecule has 0 radical (unpaired) electrons. The van der Waals surface area contributed by atoms with E-state index in [1.54, 1.807) is 12.1 Å². The Bertz CT molecular complexity index is 620. The highest BCUT2D eigenvalue weighted by Gasteiger charge is 2.12. The topological polar surface area (TPSA) is 55.8 Å². The number of aromatic carboxylic acids is 1. The third-order valence-electron chi connectivity index (χ3n) is 2.93. The highest BCUT2D eigenvalue weighted by molar-refractivity contribution is 5.89. The van der Waals surface area contributed by atoms with Crippen LogP contribution in [-0.4, -0.2) is 18.2 Å². The summed E-state index contributed by atoms with van der Waals surface area (Å²) in [4.78, 5) is 11.2. The van der Waals surface area contributed by atoms with Crippen molar-refractivity contribution in [3.63, 3.8) is 0 Å². The molecule has 0 spiro atoms. The van der Waals surface area contributed by atoms with Gasteiger partial charge in [0.1, 0.15) is 18.1 Å². The molecule has 0 aliphatic rings. The van der Waals surface area contributed by atoms with E-state index >= 15 is 0 Å². The molecule has 2 aromatic rings. The summed E-state index contributed by atoms with van der Waals surface area (Å²) in [5.74, 6) is 0.241. The number of hydrogen-bond donors (Lipinski definition) is 1. The quantitative estimate of drug-likeness (QED) is 0.907. The molecular weight excluding hydrogens is 256 g/mol. The van der Waals surface area contributed by atoms with Gasteiger partial charge in [-0.05, 0) is 36.8 Å². The van der Waals surface area contributed by atoms with E-state index < -0.39 is 5.97 Å². The van der Waals surface area contributed by atoms with Crippen molar-refractivity contribution in [3.8, 4) is 11.5 Å². The van der Waals surface area contributed by atoms with Crippen molar-refractivity contribution in [1.82, 2.24) is 0 Å². The van der Waals surface area contributed by atoms with Crippen molar-refractivity contribution >= 4 is 5.97 Å². The normalized spacial score (nSPS) is 10.1. The molecule has 2 rings (SSSR count). The van der Waals surface area contributed by atoms with Gasteiger partial charge in [0.2, 0.25) is 0 Å². The van der Waals surface area contributed by atoms with Crippen LogP contribution < -0.4 is 9.47 Å². The first kappa shape index (κ1) is 13.9. The lowest BCUT2D eigenvalue weighted by Crippen LogP contribution is -2.06. The van der Waals surface area contributed by atoms with Crippen molar-refractivity contribution in [2.45, 2.75) is 13.5 Å². The SMILES string of the molecule is COc1ccc(COc2cccc(C)c2)c(C(=O)O)c1. The maximum Gasteiger partial charge on any atom is 0.336 e. The van der Waals surface area contributed by atoms with E-state index in [9.17, 15) is 9.90 Å². The van der Waals surface area contributed by atoms with E-state index in [1.165, 1.54) is 13.2 Å². The van der Waals surface area contributed by atoms with E-state index in [0.717, 1.165) is 11.3 Å². The number of hydrogen-bond acceptors (Lipinski definition) is 3. The zero-order valence-corrected chi connectivity index (χ0v) is 11.4. The molecule has 0 saturated carbocycles. The highest BCUT2D eigenvalue weighted by Crippen LogP contribution is 2.20. The summed E-state index contributed by atoms with van der Waals surface area (Å²) >= 11 is 0. The highest BCUT2D eigenvalue weighted by atomic mass is 16.5. The van der Waals surface area contributed by atoms with Crippen LogP contribution in [0.3, 0.4) is 0 Å². The van der Waals surface area contributed by atoms with Gasteiger partial charge in [-0.1, -0.05) is 18.2 Å². The fourth-order valence-corrected chi connectivity index (χ4v) is 1.87. The van der Waals surface area contributed by atoms with Crippen LogP contribution in [-0.2, 0) is 6.61 Å². The van der Waals surface area contributed by atoms with Gasteiger partial charge in [-0.2, -0.15) is 0 Å². The van der Waals surface area contributed by atoms with Gasteiger partial charge in [-0.15, -0.1) is 0 Å². The number of carbonyl (C=O) groups is 1. The predicted molar refractivity (Wildman–Crippen MR) is 75.5 cm³/mol. The Balaban J connectivity index is 2.18. The van der Waals surface area contributed by atoms with Gasteiger partial charge in [-0.3, -0.25) is 0 Å². The minimum absolute atomic E-state index is 0.192. The average Bonchev–Trinajstić information content (AvgIpc) is 2.45. The molecule has 4 nitrogen and oxygen atoms in total. The Morgan fingerprint density at radius 2 is 1.95 bits per heavy atom. The molecule has 0 fully saturated rings. The lowest BCUT2D eigenvalue weighted by molar-refractivity contribution is 0.0693. The molecule has 0 saturated heterocycles. The Morgan fingerprint density at radius 1 is 1.15 bits per heavy atom. The third-order valence-corrected chi connectivity index (χ3v) is 2.93. The molecule has 0 bridgehead atoms. The first-order chi connectivity index (χ1) is 9.60. The van der Waals surface area contributed by atoms with Gasteiger partial charge in [0, 0.05) is 5.56 Å². The summed E-state index contributed by atoms with van der Waals surface area (Å²) in [5.41, 5.74) is 1.90. The number of carboxylic acid groups (broad SMARTS) is 1. The summed E-state index contributed by atoms with van der Waals surface area (Å²) in [6, 6.07) is 12.6. The first-order valence-corrected chi connectivity index (χ1v) is 6.20. The molecule has 104 valence electrons. The minimum Gasteiger partial charge on any atom is -0.497 e. The van der Waals surface area contributed by atoms with Crippen LogP contribution in [0.5, 0.6) is 11.5 Å². The van der Waals surface area contributed by atoms with Crippen molar-refractivity contribution in [2.24, 2.45) is 0 Å². The monoisotopic (exact) mass is 272 g/mol. The van der Waals surface area contributed by atoms with Crippen LogP contribution >= 0.6 is 0 Å². The molecular formula is C16H16O4. The summed E-state index contributed by atoms with van der Waals surface area (Å²) in [5, 5.41) is 9.22. The van der Waals surface area contributed by atoms with E-state index in [2.05, 4.69) is 0 Å². The molecule has 0 unspecified atom stereocenters. The smallest absolute Gasteiger partial charge is 0.336 e. The number of benzene rings is 2. The molecule has 1 N–H and O–H groups in total. The molecule has 0 aliphatic heterocycles. The van der Waals surface area contributed by atoms with Crippen molar-refractivity contribution in [3.05, 3.63) is 59.2 Å². The zero-order chi connectivity index (χ0) is 14.5. The Morgan fingerprint density at radius 3 is 2.60 bits per heavy atom. The zero-order valence-electron chi connectivity index (χ0n) is 11.4. The maximum absolute atomic E-state index is 11.2. The lowest BCUT2D eigenvalue weighted by atomic mass is 10.1. The molecule has 0 amide bonds. The second-order valence-corrected chi connectivity index (χ2v) is 4.43. The largest absolute Gasteiger partial charge is 0.497 e. The summed E-state index contributed by atoms with van der Waals surface area (Å²) < 4.78 is 10.7. The van der Waals surface area contributed by atoms with Crippen molar-refractivity contribution in [2.75, 3.05) is 7.11 Å². The number of carboxylic acids is 1. The van der Waals surface area contributed by atoms with Gasteiger partial charge in [-0.25, -0.2) is 4.79 Å². The van der Waals surface area contributed by atoms with E-state index in [1.807, 2.05) is 31.2 Å². The predicted octanol–water partition coefficient (Wildman–Crippen LogP) is 3.28.